The summed E-state index contributed by atoms with van der Waals surface area (Å²) in [5.41, 5.74) is 3.39. The Morgan fingerprint density at radius 3 is 2.37 bits per heavy atom. The van der Waals surface area contributed by atoms with Crippen LogP contribution in [0, 0.1) is 0 Å². The van der Waals surface area contributed by atoms with Crippen LogP contribution in [0.25, 0.3) is 28.3 Å². The number of benzene rings is 2. The van der Waals surface area contributed by atoms with Crippen molar-refractivity contribution in [1.82, 2.24) is 14.0 Å². The van der Waals surface area contributed by atoms with Crippen LogP contribution in [-0.2, 0) is 6.54 Å². The zero-order valence-electron chi connectivity index (χ0n) is 17.1. The number of hydrogen-bond acceptors (Lipinski definition) is 3. The second-order valence-corrected chi connectivity index (χ2v) is 7.69. The lowest BCUT2D eigenvalue weighted by atomic mass is 10.1. The standard InChI is InChI=1S/C24H24ClN3O2/c1-3-4-5-14-27-22(18-8-12-20(30-2)13-9-18)16-28-23(29)15-21(26-24(27)28)17-6-10-19(25)11-7-17/h6-13,15-16H,3-5,14H2,1-2H3. The molecule has 4 aromatic rings. The predicted molar refractivity (Wildman–Crippen MR) is 121 cm³/mol. The summed E-state index contributed by atoms with van der Waals surface area (Å²) in [5.74, 6) is 1.45. The van der Waals surface area contributed by atoms with Gasteiger partial charge in [0, 0.05) is 35.0 Å². The number of aryl methyl sites for hydroxylation is 1. The molecule has 0 bridgehead atoms. The highest BCUT2D eigenvalue weighted by molar-refractivity contribution is 6.30. The molecule has 5 nitrogen and oxygen atoms in total. The van der Waals surface area contributed by atoms with E-state index in [-0.39, 0.29) is 5.56 Å². The maximum absolute atomic E-state index is 12.9. The van der Waals surface area contributed by atoms with Gasteiger partial charge in [0.05, 0.1) is 18.5 Å². The van der Waals surface area contributed by atoms with Crippen LogP contribution in [0.3, 0.4) is 0 Å². The number of rotatable bonds is 7. The van der Waals surface area contributed by atoms with Gasteiger partial charge in [0.25, 0.3) is 5.56 Å². The van der Waals surface area contributed by atoms with Crippen LogP contribution in [0.1, 0.15) is 26.2 Å². The van der Waals surface area contributed by atoms with Crippen LogP contribution in [0.2, 0.25) is 5.02 Å². The molecule has 2 aromatic heterocycles. The van der Waals surface area contributed by atoms with Crippen LogP contribution in [-0.4, -0.2) is 21.1 Å². The molecule has 4 rings (SSSR count). The number of unbranched alkanes of at least 4 members (excludes halogenated alkanes) is 2. The van der Waals surface area contributed by atoms with E-state index in [0.717, 1.165) is 48.4 Å². The molecule has 0 N–H and O–H groups in total. The van der Waals surface area contributed by atoms with Gasteiger partial charge in [-0.15, -0.1) is 0 Å². The van der Waals surface area contributed by atoms with E-state index in [2.05, 4.69) is 11.5 Å². The van der Waals surface area contributed by atoms with Gasteiger partial charge in [0.2, 0.25) is 5.78 Å². The van der Waals surface area contributed by atoms with E-state index >= 15 is 0 Å². The third-order valence-corrected chi connectivity index (χ3v) is 5.48. The average Bonchev–Trinajstić information content (AvgIpc) is 3.14. The topological polar surface area (TPSA) is 48.5 Å². The van der Waals surface area contributed by atoms with Crippen molar-refractivity contribution in [3.63, 3.8) is 0 Å². The number of hydrogen-bond donors (Lipinski definition) is 0. The normalized spacial score (nSPS) is 11.2. The van der Waals surface area contributed by atoms with E-state index in [0.29, 0.717) is 16.5 Å². The maximum Gasteiger partial charge on any atom is 0.259 e. The molecule has 0 aliphatic rings. The number of imidazole rings is 1. The summed E-state index contributed by atoms with van der Waals surface area (Å²) in [7, 11) is 1.65. The first-order valence-corrected chi connectivity index (χ1v) is 10.5. The van der Waals surface area contributed by atoms with Gasteiger partial charge >= 0.3 is 0 Å². The summed E-state index contributed by atoms with van der Waals surface area (Å²) < 4.78 is 9.05. The summed E-state index contributed by atoms with van der Waals surface area (Å²) >= 11 is 6.02. The van der Waals surface area contributed by atoms with Crippen molar-refractivity contribution in [2.45, 2.75) is 32.7 Å². The van der Waals surface area contributed by atoms with Crippen molar-refractivity contribution in [3.8, 4) is 28.3 Å². The Labute approximate surface area is 180 Å². The Kier molecular flexibility index (Phi) is 5.91. The number of methoxy groups -OCH3 is 1. The number of fused-ring (bicyclic) bond motifs is 1. The first kappa shape index (κ1) is 20.2. The monoisotopic (exact) mass is 421 g/mol. The Morgan fingerprint density at radius 1 is 1.00 bits per heavy atom. The first-order valence-electron chi connectivity index (χ1n) is 10.1. The van der Waals surface area contributed by atoms with Crippen LogP contribution >= 0.6 is 11.6 Å². The van der Waals surface area contributed by atoms with Crippen molar-refractivity contribution >= 4 is 17.4 Å². The molecule has 0 fully saturated rings. The minimum absolute atomic E-state index is 0.103. The Hall–Kier alpha value is -3.05. The first-order chi connectivity index (χ1) is 14.6. The molecule has 0 unspecified atom stereocenters. The second-order valence-electron chi connectivity index (χ2n) is 7.26. The minimum Gasteiger partial charge on any atom is -0.497 e. The molecule has 30 heavy (non-hydrogen) atoms. The van der Waals surface area contributed by atoms with E-state index < -0.39 is 0 Å². The lowest BCUT2D eigenvalue weighted by Gasteiger charge is -2.10. The number of ether oxygens (including phenoxy) is 1. The van der Waals surface area contributed by atoms with Crippen molar-refractivity contribution in [1.29, 1.82) is 0 Å². The van der Waals surface area contributed by atoms with Gasteiger partial charge in [-0.2, -0.15) is 0 Å². The highest BCUT2D eigenvalue weighted by atomic mass is 35.5. The Bertz CT molecular complexity index is 1210. The molecule has 0 spiro atoms. The smallest absolute Gasteiger partial charge is 0.259 e. The molecule has 0 radical (unpaired) electrons. The minimum atomic E-state index is -0.103. The molecular weight excluding hydrogens is 398 g/mol. The fraction of sp³-hybridized carbons (Fsp3) is 0.250. The zero-order chi connectivity index (χ0) is 21.1. The van der Waals surface area contributed by atoms with E-state index in [1.54, 1.807) is 17.6 Å². The lowest BCUT2D eigenvalue weighted by Crippen LogP contribution is -2.14. The second kappa shape index (κ2) is 8.76. The van der Waals surface area contributed by atoms with Gasteiger partial charge in [-0.1, -0.05) is 43.5 Å². The molecule has 6 heteroatoms. The molecule has 154 valence electrons. The van der Waals surface area contributed by atoms with Crippen LogP contribution < -0.4 is 10.3 Å². The lowest BCUT2D eigenvalue weighted by molar-refractivity contribution is 0.415. The number of nitrogens with zero attached hydrogens (tertiary/aromatic N) is 3. The summed E-state index contributed by atoms with van der Waals surface area (Å²) in [6.07, 6.45) is 5.14. The molecule has 2 heterocycles. The fourth-order valence-electron chi connectivity index (χ4n) is 3.59. The highest BCUT2D eigenvalue weighted by Crippen LogP contribution is 2.26. The van der Waals surface area contributed by atoms with Crippen molar-refractivity contribution < 1.29 is 4.74 Å². The van der Waals surface area contributed by atoms with Crippen molar-refractivity contribution in [2.75, 3.05) is 7.11 Å². The molecule has 0 atom stereocenters. The summed E-state index contributed by atoms with van der Waals surface area (Å²) in [6, 6.07) is 16.8. The van der Waals surface area contributed by atoms with Crippen molar-refractivity contribution in [3.05, 3.63) is 76.2 Å². The van der Waals surface area contributed by atoms with E-state index in [1.807, 2.05) is 54.7 Å². The summed E-state index contributed by atoms with van der Waals surface area (Å²) in [5, 5.41) is 0.654. The predicted octanol–water partition coefficient (Wildman–Crippen LogP) is 5.68. The van der Waals surface area contributed by atoms with Gasteiger partial charge in [0.15, 0.2) is 0 Å². The Morgan fingerprint density at radius 2 is 1.70 bits per heavy atom. The van der Waals surface area contributed by atoms with Gasteiger partial charge in [-0.05, 0) is 42.8 Å². The van der Waals surface area contributed by atoms with Crippen LogP contribution in [0.5, 0.6) is 5.75 Å². The van der Waals surface area contributed by atoms with Crippen LogP contribution in [0.15, 0.2) is 65.6 Å². The number of aromatic nitrogens is 3. The quantitative estimate of drug-likeness (QED) is 0.360. The highest BCUT2D eigenvalue weighted by Gasteiger charge is 2.15. The third-order valence-electron chi connectivity index (χ3n) is 5.23. The molecule has 0 aliphatic carbocycles. The third kappa shape index (κ3) is 3.98. The number of halogens is 1. The van der Waals surface area contributed by atoms with Gasteiger partial charge in [-0.25, -0.2) is 4.98 Å². The molecule has 0 saturated carbocycles. The van der Waals surface area contributed by atoms with Crippen molar-refractivity contribution in [2.24, 2.45) is 0 Å². The molecule has 0 amide bonds. The fourth-order valence-corrected chi connectivity index (χ4v) is 3.72. The zero-order valence-corrected chi connectivity index (χ0v) is 17.9. The molecule has 0 saturated heterocycles. The van der Waals surface area contributed by atoms with E-state index in [1.165, 1.54) is 0 Å². The summed E-state index contributed by atoms with van der Waals surface area (Å²) in [6.45, 7) is 2.97. The van der Waals surface area contributed by atoms with Gasteiger partial charge in [0.1, 0.15) is 5.75 Å². The SMILES string of the molecule is CCCCCn1c(-c2ccc(OC)cc2)cn2c(=O)cc(-c3ccc(Cl)cc3)nc12. The van der Waals surface area contributed by atoms with Gasteiger partial charge in [-0.3, -0.25) is 9.20 Å². The maximum atomic E-state index is 12.9. The summed E-state index contributed by atoms with van der Waals surface area (Å²) in [4.78, 5) is 17.8. The largest absolute Gasteiger partial charge is 0.497 e. The van der Waals surface area contributed by atoms with Gasteiger partial charge < -0.3 is 9.30 Å². The molecule has 0 aliphatic heterocycles. The molecular formula is C24H24ClN3O2. The Balaban J connectivity index is 1.88. The van der Waals surface area contributed by atoms with E-state index in [4.69, 9.17) is 21.3 Å². The van der Waals surface area contributed by atoms with E-state index in [9.17, 15) is 4.79 Å². The van der Waals surface area contributed by atoms with Crippen LogP contribution in [0.4, 0.5) is 0 Å². The molecule has 2 aromatic carbocycles. The average molecular weight is 422 g/mol.